The third-order valence-electron chi connectivity index (χ3n) is 4.63. The van der Waals surface area contributed by atoms with Crippen molar-refractivity contribution in [2.75, 3.05) is 7.05 Å². The predicted octanol–water partition coefficient (Wildman–Crippen LogP) is 4.02. The fourth-order valence-electron chi connectivity index (χ4n) is 3.09. The summed E-state index contributed by atoms with van der Waals surface area (Å²) in [7, 11) is 1.78. The minimum absolute atomic E-state index is 0.148. The predicted molar refractivity (Wildman–Crippen MR) is 105 cm³/mol. The van der Waals surface area contributed by atoms with Gasteiger partial charge in [-0.2, -0.15) is 0 Å². The molecule has 0 saturated heterocycles. The zero-order valence-electron chi connectivity index (χ0n) is 15.5. The molecule has 138 valence electrons. The van der Waals surface area contributed by atoms with E-state index in [-0.39, 0.29) is 5.91 Å². The topological polar surface area (TPSA) is 64.2 Å². The summed E-state index contributed by atoms with van der Waals surface area (Å²) in [5.41, 5.74) is 3.49. The van der Waals surface area contributed by atoms with Crippen molar-refractivity contribution in [1.29, 1.82) is 0 Å². The average Bonchev–Trinajstić information content (AvgIpc) is 3.36. The lowest BCUT2D eigenvalue weighted by Gasteiger charge is -2.14. The first-order chi connectivity index (χ1) is 13.0. The van der Waals surface area contributed by atoms with E-state index >= 15 is 0 Å². The van der Waals surface area contributed by atoms with Crippen molar-refractivity contribution in [3.8, 4) is 0 Å². The molecule has 6 nitrogen and oxygen atoms in total. The van der Waals surface area contributed by atoms with Gasteiger partial charge in [0.1, 0.15) is 5.82 Å². The third-order valence-corrected chi connectivity index (χ3v) is 5.64. The SMILES string of the molecule is Cc1ccsc1CN(C)C(=O)c1cc(Cn2c(C)nc3ccccc32)on1. The van der Waals surface area contributed by atoms with Crippen LogP contribution < -0.4 is 0 Å². The van der Waals surface area contributed by atoms with Crippen LogP contribution >= 0.6 is 11.3 Å². The van der Waals surface area contributed by atoms with Gasteiger partial charge in [-0.25, -0.2) is 4.98 Å². The lowest BCUT2D eigenvalue weighted by Crippen LogP contribution is -2.26. The number of hydrogen-bond acceptors (Lipinski definition) is 5. The van der Waals surface area contributed by atoms with Crippen molar-refractivity contribution in [2.45, 2.75) is 26.9 Å². The molecule has 3 heterocycles. The molecule has 4 rings (SSSR count). The number of benzene rings is 1. The highest BCUT2D eigenvalue weighted by molar-refractivity contribution is 7.10. The second-order valence-corrected chi connectivity index (χ2v) is 7.60. The van der Waals surface area contributed by atoms with Crippen LogP contribution in [0.4, 0.5) is 0 Å². The Bertz CT molecular complexity index is 1110. The highest BCUT2D eigenvalue weighted by Gasteiger charge is 2.19. The largest absolute Gasteiger partial charge is 0.359 e. The zero-order valence-corrected chi connectivity index (χ0v) is 16.3. The molecule has 1 aromatic carbocycles. The number of rotatable bonds is 5. The molecule has 0 bridgehead atoms. The zero-order chi connectivity index (χ0) is 19.0. The summed E-state index contributed by atoms with van der Waals surface area (Å²) < 4.78 is 7.49. The number of imidazole rings is 1. The van der Waals surface area contributed by atoms with Crippen molar-refractivity contribution >= 4 is 28.3 Å². The van der Waals surface area contributed by atoms with E-state index < -0.39 is 0 Å². The molecule has 27 heavy (non-hydrogen) atoms. The van der Waals surface area contributed by atoms with Gasteiger partial charge in [0.15, 0.2) is 11.5 Å². The van der Waals surface area contributed by atoms with Gasteiger partial charge in [0.2, 0.25) is 0 Å². The Morgan fingerprint density at radius 2 is 2.07 bits per heavy atom. The molecular weight excluding hydrogens is 360 g/mol. The van der Waals surface area contributed by atoms with Gasteiger partial charge >= 0.3 is 0 Å². The number of thiophene rings is 1. The minimum atomic E-state index is -0.148. The molecule has 0 aliphatic rings. The van der Waals surface area contributed by atoms with Gasteiger partial charge in [-0.1, -0.05) is 17.3 Å². The minimum Gasteiger partial charge on any atom is -0.359 e. The monoisotopic (exact) mass is 380 g/mol. The second kappa shape index (κ2) is 7.00. The van der Waals surface area contributed by atoms with E-state index in [9.17, 15) is 4.79 Å². The molecule has 0 N–H and O–H groups in total. The smallest absolute Gasteiger partial charge is 0.276 e. The Morgan fingerprint density at radius 3 is 2.85 bits per heavy atom. The van der Waals surface area contributed by atoms with Crippen molar-refractivity contribution in [3.05, 3.63) is 69.5 Å². The Balaban J connectivity index is 1.52. The maximum atomic E-state index is 12.7. The van der Waals surface area contributed by atoms with Crippen LogP contribution in [0.15, 0.2) is 46.3 Å². The summed E-state index contributed by atoms with van der Waals surface area (Å²) in [6.45, 7) is 5.06. The van der Waals surface area contributed by atoms with Crippen molar-refractivity contribution in [1.82, 2.24) is 19.6 Å². The average molecular weight is 380 g/mol. The first kappa shape index (κ1) is 17.5. The van der Waals surface area contributed by atoms with Crippen LogP contribution in [-0.2, 0) is 13.1 Å². The van der Waals surface area contributed by atoms with E-state index in [0.717, 1.165) is 16.9 Å². The van der Waals surface area contributed by atoms with E-state index in [2.05, 4.69) is 27.7 Å². The maximum absolute atomic E-state index is 12.7. The fraction of sp³-hybridized carbons (Fsp3) is 0.250. The Hall–Kier alpha value is -2.93. The van der Waals surface area contributed by atoms with Gasteiger partial charge in [-0.15, -0.1) is 11.3 Å². The van der Waals surface area contributed by atoms with E-state index in [1.165, 1.54) is 10.4 Å². The van der Waals surface area contributed by atoms with Crippen molar-refractivity contribution < 1.29 is 9.32 Å². The maximum Gasteiger partial charge on any atom is 0.276 e. The second-order valence-electron chi connectivity index (χ2n) is 6.60. The number of nitrogens with zero attached hydrogens (tertiary/aromatic N) is 4. The summed E-state index contributed by atoms with van der Waals surface area (Å²) in [6, 6.07) is 11.7. The summed E-state index contributed by atoms with van der Waals surface area (Å²) in [5.74, 6) is 1.38. The van der Waals surface area contributed by atoms with Gasteiger partial charge < -0.3 is 14.0 Å². The van der Waals surface area contributed by atoms with E-state index in [1.807, 2.05) is 36.6 Å². The van der Waals surface area contributed by atoms with Crippen LogP contribution in [-0.4, -0.2) is 32.6 Å². The van der Waals surface area contributed by atoms with Crippen LogP contribution in [0.2, 0.25) is 0 Å². The number of fused-ring (bicyclic) bond motifs is 1. The number of aryl methyl sites for hydroxylation is 2. The Kier molecular flexibility index (Phi) is 4.53. The van der Waals surface area contributed by atoms with Gasteiger partial charge in [0.05, 0.1) is 24.1 Å². The molecule has 7 heteroatoms. The van der Waals surface area contributed by atoms with Crippen LogP contribution in [0.3, 0.4) is 0 Å². The van der Waals surface area contributed by atoms with Gasteiger partial charge in [-0.3, -0.25) is 4.79 Å². The number of carbonyl (C=O) groups excluding carboxylic acids is 1. The highest BCUT2D eigenvalue weighted by Crippen LogP contribution is 2.20. The molecule has 0 saturated carbocycles. The molecule has 0 spiro atoms. The quantitative estimate of drug-likeness (QED) is 0.524. The summed E-state index contributed by atoms with van der Waals surface area (Å²) in [5, 5.41) is 6.02. The molecule has 3 aromatic heterocycles. The molecule has 0 aliphatic heterocycles. The molecule has 0 unspecified atom stereocenters. The number of para-hydroxylation sites is 2. The fourth-order valence-corrected chi connectivity index (χ4v) is 4.05. The Morgan fingerprint density at radius 1 is 1.26 bits per heavy atom. The third kappa shape index (κ3) is 3.38. The summed E-state index contributed by atoms with van der Waals surface area (Å²) in [4.78, 5) is 20.1. The molecule has 0 fully saturated rings. The standard InChI is InChI=1S/C20H20N4O2S/c1-13-8-9-27-19(13)12-23(3)20(25)17-10-15(26-22-17)11-24-14(2)21-16-6-4-5-7-18(16)24/h4-10H,11-12H2,1-3H3. The van der Waals surface area contributed by atoms with E-state index in [1.54, 1.807) is 29.4 Å². The van der Waals surface area contributed by atoms with Crippen LogP contribution in [0.5, 0.6) is 0 Å². The molecule has 0 atom stereocenters. The highest BCUT2D eigenvalue weighted by atomic mass is 32.1. The van der Waals surface area contributed by atoms with Crippen LogP contribution in [0.25, 0.3) is 11.0 Å². The van der Waals surface area contributed by atoms with Gasteiger partial charge in [0.25, 0.3) is 5.91 Å². The first-order valence-corrected chi connectivity index (χ1v) is 9.57. The van der Waals surface area contributed by atoms with Crippen molar-refractivity contribution in [2.24, 2.45) is 0 Å². The van der Waals surface area contributed by atoms with Crippen molar-refractivity contribution in [3.63, 3.8) is 0 Å². The number of hydrogen-bond donors (Lipinski definition) is 0. The first-order valence-electron chi connectivity index (χ1n) is 8.69. The summed E-state index contributed by atoms with van der Waals surface area (Å²) >= 11 is 1.65. The molecular formula is C20H20N4O2S. The van der Waals surface area contributed by atoms with Crippen LogP contribution in [0, 0.1) is 13.8 Å². The van der Waals surface area contributed by atoms with Gasteiger partial charge in [-0.05, 0) is 43.0 Å². The van der Waals surface area contributed by atoms with Crippen LogP contribution in [0.1, 0.15) is 32.5 Å². The molecule has 4 aromatic rings. The van der Waals surface area contributed by atoms with E-state index in [0.29, 0.717) is 24.5 Å². The normalized spacial score (nSPS) is 11.2. The lowest BCUT2D eigenvalue weighted by atomic mass is 10.2. The summed E-state index contributed by atoms with van der Waals surface area (Å²) in [6.07, 6.45) is 0. The number of aromatic nitrogens is 3. The molecule has 1 amide bonds. The lowest BCUT2D eigenvalue weighted by molar-refractivity contribution is 0.0776. The van der Waals surface area contributed by atoms with Gasteiger partial charge in [0, 0.05) is 18.0 Å². The van der Waals surface area contributed by atoms with E-state index in [4.69, 9.17) is 4.52 Å². The number of amides is 1. The molecule has 0 aliphatic carbocycles. The Labute approximate surface area is 161 Å². The molecule has 0 radical (unpaired) electrons. The number of carbonyl (C=O) groups is 1.